The van der Waals surface area contributed by atoms with Gasteiger partial charge in [-0.2, -0.15) is 0 Å². The zero-order chi connectivity index (χ0) is 16.0. The van der Waals surface area contributed by atoms with Crippen LogP contribution in [0.25, 0.3) is 0 Å². The molecule has 2 heterocycles. The van der Waals surface area contributed by atoms with Gasteiger partial charge in [0.05, 0.1) is 18.8 Å². The van der Waals surface area contributed by atoms with Crippen LogP contribution in [0.5, 0.6) is 0 Å². The summed E-state index contributed by atoms with van der Waals surface area (Å²) in [5.74, 6) is 1.88. The van der Waals surface area contributed by atoms with Gasteiger partial charge >= 0.3 is 0 Å². The average molecular weight is 434 g/mol. The zero-order valence-electron chi connectivity index (χ0n) is 14.8. The predicted molar refractivity (Wildman–Crippen MR) is 107 cm³/mol. The van der Waals surface area contributed by atoms with E-state index < -0.39 is 0 Å². The van der Waals surface area contributed by atoms with E-state index in [1.165, 1.54) is 12.8 Å². The van der Waals surface area contributed by atoms with Crippen LogP contribution in [-0.4, -0.2) is 42.6 Å². The van der Waals surface area contributed by atoms with Crippen LogP contribution < -0.4 is 10.6 Å². The van der Waals surface area contributed by atoms with Crippen LogP contribution in [0.15, 0.2) is 27.8 Å². The number of hydrogen-bond acceptors (Lipinski definition) is 3. The number of halogens is 1. The predicted octanol–water partition coefficient (Wildman–Crippen LogP) is 3.39. The molecule has 2 N–H and O–H groups in total. The number of rotatable bonds is 5. The Labute approximate surface area is 157 Å². The molecule has 1 aromatic heterocycles. The summed E-state index contributed by atoms with van der Waals surface area (Å²) < 4.78 is 5.65. The van der Waals surface area contributed by atoms with Crippen molar-refractivity contribution in [1.82, 2.24) is 15.5 Å². The van der Waals surface area contributed by atoms with Crippen molar-refractivity contribution in [1.29, 1.82) is 0 Å². The molecule has 0 aliphatic carbocycles. The third kappa shape index (κ3) is 6.71. The van der Waals surface area contributed by atoms with Gasteiger partial charge in [-0.05, 0) is 65.8 Å². The molecule has 0 saturated carbocycles. The topological polar surface area (TPSA) is 52.8 Å². The van der Waals surface area contributed by atoms with Crippen molar-refractivity contribution in [2.75, 3.05) is 26.2 Å². The Morgan fingerprint density at radius 3 is 2.57 bits per heavy atom. The Balaban J connectivity index is 0.00000264. The Hall–Kier alpha value is -0.760. The molecule has 2 rings (SSSR count). The highest BCUT2D eigenvalue weighted by atomic mass is 127. The smallest absolute Gasteiger partial charge is 0.191 e. The summed E-state index contributed by atoms with van der Waals surface area (Å²) in [6.07, 6.45) is 4.28. The highest BCUT2D eigenvalue weighted by molar-refractivity contribution is 14.0. The van der Waals surface area contributed by atoms with Gasteiger partial charge in [-0.3, -0.25) is 9.89 Å². The minimum Gasteiger partial charge on any atom is -0.468 e. The average Bonchev–Trinajstić information content (AvgIpc) is 3.10. The Morgan fingerprint density at radius 2 is 2.04 bits per heavy atom. The molecule has 1 fully saturated rings. The molecule has 1 atom stereocenters. The first kappa shape index (κ1) is 20.3. The molecule has 23 heavy (non-hydrogen) atoms. The summed E-state index contributed by atoms with van der Waals surface area (Å²) in [5, 5.41) is 6.76. The molecule has 6 heteroatoms. The number of furan rings is 1. The quantitative estimate of drug-likeness (QED) is 0.424. The van der Waals surface area contributed by atoms with Gasteiger partial charge in [0.15, 0.2) is 5.96 Å². The van der Waals surface area contributed by atoms with E-state index in [2.05, 4.69) is 49.3 Å². The summed E-state index contributed by atoms with van der Waals surface area (Å²) >= 11 is 0. The van der Waals surface area contributed by atoms with Crippen LogP contribution in [0.1, 0.15) is 52.3 Å². The summed E-state index contributed by atoms with van der Waals surface area (Å²) in [7, 11) is 0. The molecule has 1 unspecified atom stereocenters. The van der Waals surface area contributed by atoms with Crippen LogP contribution in [0, 0.1) is 0 Å². The van der Waals surface area contributed by atoms with Gasteiger partial charge in [0, 0.05) is 12.1 Å². The van der Waals surface area contributed by atoms with Crippen LogP contribution in [0.4, 0.5) is 0 Å². The number of likely N-dealkylation sites (tertiary alicyclic amines) is 1. The highest BCUT2D eigenvalue weighted by Crippen LogP contribution is 2.25. The van der Waals surface area contributed by atoms with Crippen LogP contribution in [0.2, 0.25) is 0 Å². The van der Waals surface area contributed by atoms with Crippen molar-refractivity contribution in [2.24, 2.45) is 4.99 Å². The van der Waals surface area contributed by atoms with Crippen molar-refractivity contribution in [2.45, 2.75) is 52.1 Å². The molecule has 0 aromatic carbocycles. The first-order chi connectivity index (χ1) is 10.5. The van der Waals surface area contributed by atoms with E-state index in [-0.39, 0.29) is 35.6 Å². The minimum atomic E-state index is -0.00513. The fraction of sp³-hybridized carbons (Fsp3) is 0.706. The molecular formula is C17H31IN4O. The molecular weight excluding hydrogens is 403 g/mol. The van der Waals surface area contributed by atoms with Crippen LogP contribution in [0.3, 0.4) is 0 Å². The molecule has 5 nitrogen and oxygen atoms in total. The second-order valence-electron chi connectivity index (χ2n) is 6.87. The van der Waals surface area contributed by atoms with E-state index in [0.717, 1.165) is 31.4 Å². The highest BCUT2D eigenvalue weighted by Gasteiger charge is 2.25. The van der Waals surface area contributed by atoms with Gasteiger partial charge in [0.1, 0.15) is 5.76 Å². The minimum absolute atomic E-state index is 0. The molecule has 0 spiro atoms. The number of nitrogens with zero attached hydrogens (tertiary/aromatic N) is 2. The fourth-order valence-corrected chi connectivity index (χ4v) is 2.76. The van der Waals surface area contributed by atoms with Crippen molar-refractivity contribution in [3.63, 3.8) is 0 Å². The van der Waals surface area contributed by atoms with Crippen molar-refractivity contribution >= 4 is 29.9 Å². The van der Waals surface area contributed by atoms with E-state index in [0.29, 0.717) is 6.54 Å². The van der Waals surface area contributed by atoms with Crippen molar-refractivity contribution < 1.29 is 4.42 Å². The lowest BCUT2D eigenvalue weighted by molar-refractivity contribution is 0.221. The Morgan fingerprint density at radius 1 is 1.35 bits per heavy atom. The second-order valence-corrected chi connectivity index (χ2v) is 6.87. The summed E-state index contributed by atoms with van der Waals surface area (Å²) in [6, 6.07) is 4.25. The van der Waals surface area contributed by atoms with E-state index in [1.807, 2.05) is 6.07 Å². The van der Waals surface area contributed by atoms with Gasteiger partial charge in [0.2, 0.25) is 0 Å². The molecule has 0 bridgehead atoms. The van der Waals surface area contributed by atoms with Crippen molar-refractivity contribution in [3.05, 3.63) is 24.2 Å². The van der Waals surface area contributed by atoms with Crippen molar-refractivity contribution in [3.8, 4) is 0 Å². The summed E-state index contributed by atoms with van der Waals surface area (Å²) in [6.45, 7) is 12.3. The Bertz CT molecular complexity index is 461. The number of hydrogen-bond donors (Lipinski definition) is 2. The van der Waals surface area contributed by atoms with Gasteiger partial charge < -0.3 is 15.1 Å². The van der Waals surface area contributed by atoms with E-state index >= 15 is 0 Å². The largest absolute Gasteiger partial charge is 0.468 e. The second kappa shape index (κ2) is 9.52. The van der Waals surface area contributed by atoms with Gasteiger partial charge in [-0.1, -0.05) is 0 Å². The molecule has 0 radical (unpaired) electrons. The van der Waals surface area contributed by atoms with Crippen LogP contribution in [-0.2, 0) is 0 Å². The maximum absolute atomic E-state index is 5.65. The lowest BCUT2D eigenvalue weighted by Crippen LogP contribution is -2.47. The van der Waals surface area contributed by atoms with Gasteiger partial charge in [-0.15, -0.1) is 24.0 Å². The van der Waals surface area contributed by atoms with Gasteiger partial charge in [0.25, 0.3) is 0 Å². The molecule has 1 aliphatic heterocycles. The van der Waals surface area contributed by atoms with E-state index in [9.17, 15) is 0 Å². The molecule has 132 valence electrons. The monoisotopic (exact) mass is 434 g/mol. The van der Waals surface area contributed by atoms with Gasteiger partial charge in [-0.25, -0.2) is 0 Å². The molecule has 1 aliphatic rings. The SMILES string of the molecule is CCNC(=NCC(c1ccco1)N1CCCC1)NC(C)(C)C.I. The number of nitrogens with one attached hydrogen (secondary N) is 2. The summed E-state index contributed by atoms with van der Waals surface area (Å²) in [5.41, 5.74) is -0.00513. The van der Waals surface area contributed by atoms with E-state index in [4.69, 9.17) is 9.41 Å². The lowest BCUT2D eigenvalue weighted by atomic mass is 10.1. The maximum atomic E-state index is 5.65. The first-order valence-corrected chi connectivity index (χ1v) is 8.33. The summed E-state index contributed by atoms with van der Waals surface area (Å²) in [4.78, 5) is 7.27. The zero-order valence-corrected chi connectivity index (χ0v) is 17.1. The lowest BCUT2D eigenvalue weighted by Gasteiger charge is -2.26. The maximum Gasteiger partial charge on any atom is 0.191 e. The molecule has 0 amide bonds. The van der Waals surface area contributed by atoms with Crippen LogP contribution >= 0.6 is 24.0 Å². The molecule has 1 aromatic rings. The Kier molecular flexibility index (Phi) is 8.39. The third-order valence-corrected chi connectivity index (χ3v) is 3.71. The number of guanidine groups is 1. The molecule has 1 saturated heterocycles. The first-order valence-electron chi connectivity index (χ1n) is 8.33. The standard InChI is InChI=1S/C17H30N4O.HI/c1-5-18-16(20-17(2,3)4)19-13-14(15-9-8-12-22-15)21-10-6-7-11-21;/h8-9,12,14H,5-7,10-11,13H2,1-4H3,(H2,18,19,20);1H. The number of aliphatic imine (C=N–C) groups is 1. The third-order valence-electron chi connectivity index (χ3n) is 3.71. The normalized spacial score (nSPS) is 17.7. The fourth-order valence-electron chi connectivity index (χ4n) is 2.76. The van der Waals surface area contributed by atoms with E-state index in [1.54, 1.807) is 6.26 Å².